The second-order valence-electron chi connectivity index (χ2n) is 7.98. The predicted octanol–water partition coefficient (Wildman–Crippen LogP) is 4.70. The Balaban J connectivity index is 1.35. The summed E-state index contributed by atoms with van der Waals surface area (Å²) >= 11 is 6.15. The Labute approximate surface area is 195 Å². The summed E-state index contributed by atoms with van der Waals surface area (Å²) in [5.74, 6) is -0.0147. The number of amides is 3. The fraction of sp³-hybridized carbons (Fsp3) is 0.167. The van der Waals surface area contributed by atoms with Crippen LogP contribution in [-0.4, -0.2) is 32.6 Å². The number of hydrogen-bond acceptors (Lipinski definition) is 5. The van der Waals surface area contributed by atoms with Crippen LogP contribution in [0.5, 0.6) is 0 Å². The van der Waals surface area contributed by atoms with Crippen molar-refractivity contribution >= 4 is 40.8 Å². The topological polar surface area (TPSA) is 100 Å². The predicted molar refractivity (Wildman–Crippen MR) is 127 cm³/mol. The zero-order valence-electron chi connectivity index (χ0n) is 17.8. The Bertz CT molecular complexity index is 1380. The summed E-state index contributed by atoms with van der Waals surface area (Å²) in [6.45, 7) is 1.81. The average molecular weight is 461 g/mol. The highest BCUT2D eigenvalue weighted by Gasteiger charge is 2.24. The van der Waals surface area contributed by atoms with Gasteiger partial charge in [0.15, 0.2) is 5.65 Å². The van der Waals surface area contributed by atoms with E-state index in [4.69, 9.17) is 11.6 Å². The smallest absolute Gasteiger partial charge is 0.321 e. The highest BCUT2D eigenvalue weighted by Crippen LogP contribution is 2.25. The lowest BCUT2D eigenvalue weighted by Gasteiger charge is -2.09. The molecule has 166 valence electrons. The van der Waals surface area contributed by atoms with E-state index >= 15 is 0 Å². The molecular formula is C24H21ClN6O2. The largest absolute Gasteiger partial charge is 0.335 e. The van der Waals surface area contributed by atoms with E-state index in [2.05, 4.69) is 26.0 Å². The molecule has 8 nitrogen and oxygen atoms in total. The molecule has 2 aromatic heterocycles. The highest BCUT2D eigenvalue weighted by atomic mass is 35.5. The van der Waals surface area contributed by atoms with Gasteiger partial charge < -0.3 is 10.6 Å². The number of aromatic nitrogens is 3. The lowest BCUT2D eigenvalue weighted by molar-refractivity contribution is 0.0963. The molecule has 2 heterocycles. The number of imide groups is 1. The fourth-order valence-electron chi connectivity index (χ4n) is 3.57. The molecule has 33 heavy (non-hydrogen) atoms. The van der Waals surface area contributed by atoms with Crippen LogP contribution < -0.4 is 16.0 Å². The maximum absolute atomic E-state index is 12.4. The Hall–Kier alpha value is -3.91. The summed E-state index contributed by atoms with van der Waals surface area (Å²) in [5, 5.41) is 13.5. The van der Waals surface area contributed by atoms with Crippen LogP contribution in [0, 0.1) is 6.92 Å². The van der Waals surface area contributed by atoms with E-state index in [0.29, 0.717) is 22.2 Å². The van der Waals surface area contributed by atoms with Gasteiger partial charge in [-0.25, -0.2) is 9.31 Å². The van der Waals surface area contributed by atoms with Gasteiger partial charge in [0.25, 0.3) is 5.91 Å². The van der Waals surface area contributed by atoms with E-state index in [9.17, 15) is 9.59 Å². The molecule has 0 atom stereocenters. The molecule has 2 aromatic carbocycles. The SMILES string of the molecule is Cc1cc(Nc2nc3cccc(-c4cccc(Cl)c4)n3n2)ccc1C(=O)NC(=O)NC1CC1. The highest BCUT2D eigenvalue weighted by molar-refractivity contribution is 6.30. The zero-order chi connectivity index (χ0) is 22.9. The molecule has 4 aromatic rings. The van der Waals surface area contributed by atoms with Crippen LogP contribution in [0.25, 0.3) is 16.9 Å². The molecule has 0 bridgehead atoms. The van der Waals surface area contributed by atoms with Crippen molar-refractivity contribution in [2.75, 3.05) is 5.32 Å². The molecule has 1 aliphatic rings. The van der Waals surface area contributed by atoms with E-state index in [-0.39, 0.29) is 6.04 Å². The number of hydrogen-bond donors (Lipinski definition) is 3. The average Bonchev–Trinajstić information content (AvgIpc) is 3.49. The quantitative estimate of drug-likeness (QED) is 0.400. The molecule has 0 spiro atoms. The van der Waals surface area contributed by atoms with E-state index in [1.165, 1.54) is 0 Å². The van der Waals surface area contributed by atoms with Crippen LogP contribution >= 0.6 is 11.6 Å². The van der Waals surface area contributed by atoms with Gasteiger partial charge in [0.05, 0.1) is 5.69 Å². The van der Waals surface area contributed by atoms with Crippen LogP contribution in [-0.2, 0) is 0 Å². The lowest BCUT2D eigenvalue weighted by Crippen LogP contribution is -2.40. The first-order valence-corrected chi connectivity index (χ1v) is 11.0. The lowest BCUT2D eigenvalue weighted by atomic mass is 10.1. The molecule has 3 amide bonds. The van der Waals surface area contributed by atoms with Crippen molar-refractivity contribution in [2.24, 2.45) is 0 Å². The Morgan fingerprint density at radius 2 is 1.88 bits per heavy atom. The van der Waals surface area contributed by atoms with Crippen molar-refractivity contribution in [1.82, 2.24) is 25.2 Å². The maximum Gasteiger partial charge on any atom is 0.321 e. The molecule has 3 N–H and O–H groups in total. The van der Waals surface area contributed by atoms with Gasteiger partial charge in [-0.15, -0.1) is 5.10 Å². The minimum absolute atomic E-state index is 0.183. The number of aryl methyl sites for hydroxylation is 1. The van der Waals surface area contributed by atoms with Crippen molar-refractivity contribution < 1.29 is 9.59 Å². The number of pyridine rings is 1. The number of rotatable bonds is 5. The van der Waals surface area contributed by atoms with Crippen LogP contribution in [0.2, 0.25) is 5.02 Å². The van der Waals surface area contributed by atoms with Gasteiger partial charge in [0.2, 0.25) is 5.95 Å². The molecule has 0 radical (unpaired) electrons. The number of urea groups is 1. The van der Waals surface area contributed by atoms with Crippen molar-refractivity contribution in [2.45, 2.75) is 25.8 Å². The number of carbonyl (C=O) groups is 2. The van der Waals surface area contributed by atoms with Crippen LogP contribution in [0.15, 0.2) is 60.7 Å². The summed E-state index contributed by atoms with van der Waals surface area (Å²) in [5.41, 5.74) is 4.36. The molecule has 0 aliphatic heterocycles. The van der Waals surface area contributed by atoms with Crippen molar-refractivity contribution in [3.05, 3.63) is 76.8 Å². The number of fused-ring (bicyclic) bond motifs is 1. The number of anilines is 2. The Kier molecular flexibility index (Phi) is 5.43. The molecule has 1 aliphatic carbocycles. The monoisotopic (exact) mass is 460 g/mol. The summed E-state index contributed by atoms with van der Waals surface area (Å²) in [6.07, 6.45) is 1.91. The van der Waals surface area contributed by atoms with Gasteiger partial charge in [-0.1, -0.05) is 29.8 Å². The first-order chi connectivity index (χ1) is 16.0. The number of nitrogens with one attached hydrogen (secondary N) is 3. The standard InChI is InChI=1S/C24H21ClN6O2/c1-14-12-18(10-11-19(14)22(32)29-24(33)27-17-8-9-17)26-23-28-21-7-3-6-20(31(21)30-23)15-4-2-5-16(25)13-15/h2-7,10-13,17H,8-9H2,1H3,(H,26,30)(H2,27,29,32,33). The van der Waals surface area contributed by atoms with Gasteiger partial charge in [-0.3, -0.25) is 10.1 Å². The summed E-state index contributed by atoms with van der Waals surface area (Å²) in [4.78, 5) is 28.8. The van der Waals surface area contributed by atoms with Crippen LogP contribution in [0.4, 0.5) is 16.4 Å². The third-order valence-corrected chi connectivity index (χ3v) is 5.58. The van der Waals surface area contributed by atoms with Gasteiger partial charge in [0, 0.05) is 27.9 Å². The number of nitrogens with zero attached hydrogens (tertiary/aromatic N) is 3. The minimum atomic E-state index is -0.464. The Morgan fingerprint density at radius 3 is 2.64 bits per heavy atom. The fourth-order valence-corrected chi connectivity index (χ4v) is 3.76. The van der Waals surface area contributed by atoms with Crippen LogP contribution in [0.1, 0.15) is 28.8 Å². The van der Waals surface area contributed by atoms with E-state index in [1.807, 2.05) is 55.5 Å². The van der Waals surface area contributed by atoms with Gasteiger partial charge in [-0.05, 0) is 67.8 Å². The first kappa shape index (κ1) is 21.0. The molecule has 5 rings (SSSR count). The number of carbonyl (C=O) groups excluding carboxylic acids is 2. The molecule has 1 saturated carbocycles. The third-order valence-electron chi connectivity index (χ3n) is 5.35. The molecule has 1 fully saturated rings. The third kappa shape index (κ3) is 4.65. The van der Waals surface area contributed by atoms with Gasteiger partial charge in [-0.2, -0.15) is 4.98 Å². The Morgan fingerprint density at radius 1 is 1.06 bits per heavy atom. The van der Waals surface area contributed by atoms with E-state index in [0.717, 1.165) is 35.3 Å². The van der Waals surface area contributed by atoms with Gasteiger partial charge >= 0.3 is 6.03 Å². The first-order valence-electron chi connectivity index (χ1n) is 10.6. The number of halogens is 1. The van der Waals surface area contributed by atoms with E-state index < -0.39 is 11.9 Å². The van der Waals surface area contributed by atoms with Crippen molar-refractivity contribution in [1.29, 1.82) is 0 Å². The molecule has 0 saturated heterocycles. The number of benzene rings is 2. The maximum atomic E-state index is 12.4. The van der Waals surface area contributed by atoms with Crippen molar-refractivity contribution in [3.8, 4) is 11.3 Å². The molecule has 9 heteroatoms. The second kappa shape index (κ2) is 8.55. The normalized spacial score (nSPS) is 13.0. The molecular weight excluding hydrogens is 440 g/mol. The molecule has 0 unspecified atom stereocenters. The minimum Gasteiger partial charge on any atom is -0.335 e. The zero-order valence-corrected chi connectivity index (χ0v) is 18.6. The summed E-state index contributed by atoms with van der Waals surface area (Å²) in [7, 11) is 0. The van der Waals surface area contributed by atoms with Crippen LogP contribution in [0.3, 0.4) is 0 Å². The van der Waals surface area contributed by atoms with Gasteiger partial charge in [0.1, 0.15) is 0 Å². The van der Waals surface area contributed by atoms with Crippen molar-refractivity contribution in [3.63, 3.8) is 0 Å². The summed E-state index contributed by atoms with van der Waals surface area (Å²) in [6, 6.07) is 18.3. The summed E-state index contributed by atoms with van der Waals surface area (Å²) < 4.78 is 1.75. The van der Waals surface area contributed by atoms with E-state index in [1.54, 1.807) is 16.6 Å². The second-order valence-corrected chi connectivity index (χ2v) is 8.42.